The molecule has 1 saturated carbocycles. The van der Waals surface area contributed by atoms with Gasteiger partial charge in [-0.2, -0.15) is 0 Å². The number of nitrogens with one attached hydrogen (secondary N) is 1. The van der Waals surface area contributed by atoms with Crippen LogP contribution >= 0.6 is 0 Å². The van der Waals surface area contributed by atoms with E-state index in [2.05, 4.69) is 20.3 Å². The standard InChI is InChI=1S/C13H21N5O/c1-19-11-12(17-14)15-8-16-13(11)18-7-3-5-9-4-2-6-10(9)18/h8-10H,2-7,14H2,1H3,(H,15,16,17). The number of nitrogens with two attached hydrogens (primary N) is 1. The van der Waals surface area contributed by atoms with Crippen molar-refractivity contribution < 1.29 is 4.74 Å². The summed E-state index contributed by atoms with van der Waals surface area (Å²) < 4.78 is 5.46. The largest absolute Gasteiger partial charge is 0.490 e. The Morgan fingerprint density at radius 1 is 1.32 bits per heavy atom. The van der Waals surface area contributed by atoms with Crippen LogP contribution in [0.25, 0.3) is 0 Å². The van der Waals surface area contributed by atoms with E-state index in [1.165, 1.54) is 32.1 Å². The third-order valence-corrected chi connectivity index (χ3v) is 4.39. The summed E-state index contributed by atoms with van der Waals surface area (Å²) in [5.41, 5.74) is 2.58. The van der Waals surface area contributed by atoms with E-state index in [0.717, 1.165) is 18.3 Å². The molecule has 6 heteroatoms. The summed E-state index contributed by atoms with van der Waals surface area (Å²) in [4.78, 5) is 10.9. The lowest BCUT2D eigenvalue weighted by Crippen LogP contribution is -2.43. The van der Waals surface area contributed by atoms with Crippen LogP contribution < -0.4 is 20.9 Å². The molecule has 1 aliphatic heterocycles. The molecule has 1 aromatic rings. The minimum atomic E-state index is 0.549. The molecule has 1 aromatic heterocycles. The van der Waals surface area contributed by atoms with E-state index < -0.39 is 0 Å². The van der Waals surface area contributed by atoms with E-state index >= 15 is 0 Å². The summed E-state index contributed by atoms with van der Waals surface area (Å²) in [6, 6.07) is 0.600. The number of fused-ring (bicyclic) bond motifs is 1. The number of ether oxygens (including phenoxy) is 1. The SMILES string of the molecule is COc1c(NN)ncnc1N1CCCC2CCCC21. The fraction of sp³-hybridized carbons (Fsp3) is 0.692. The number of nitrogens with zero attached hydrogens (tertiary/aromatic N) is 3. The van der Waals surface area contributed by atoms with Gasteiger partial charge in [-0.1, -0.05) is 6.42 Å². The summed E-state index contributed by atoms with van der Waals surface area (Å²) in [6.07, 6.45) is 8.03. The average molecular weight is 263 g/mol. The Morgan fingerprint density at radius 3 is 2.95 bits per heavy atom. The van der Waals surface area contributed by atoms with Crippen molar-refractivity contribution in [3.63, 3.8) is 0 Å². The number of piperidine rings is 1. The van der Waals surface area contributed by atoms with Gasteiger partial charge in [-0.3, -0.25) is 0 Å². The van der Waals surface area contributed by atoms with Crippen LogP contribution in [0.1, 0.15) is 32.1 Å². The lowest BCUT2D eigenvalue weighted by atomic mass is 9.92. The predicted octanol–water partition coefficient (Wildman–Crippen LogP) is 1.54. The molecular formula is C13H21N5O. The molecule has 2 atom stereocenters. The molecule has 6 nitrogen and oxygen atoms in total. The van der Waals surface area contributed by atoms with Crippen LogP contribution in [0.5, 0.6) is 5.75 Å². The number of methoxy groups -OCH3 is 1. The molecule has 0 radical (unpaired) electrons. The smallest absolute Gasteiger partial charge is 0.205 e. The lowest BCUT2D eigenvalue weighted by molar-refractivity contribution is 0.352. The van der Waals surface area contributed by atoms with Crippen molar-refractivity contribution >= 4 is 11.6 Å². The zero-order chi connectivity index (χ0) is 13.2. The highest BCUT2D eigenvalue weighted by Gasteiger charge is 2.37. The molecule has 104 valence electrons. The maximum Gasteiger partial charge on any atom is 0.205 e. The van der Waals surface area contributed by atoms with Gasteiger partial charge in [-0.05, 0) is 31.6 Å². The number of rotatable bonds is 3. The highest BCUT2D eigenvalue weighted by atomic mass is 16.5. The highest BCUT2D eigenvalue weighted by Crippen LogP contribution is 2.42. The molecule has 2 aliphatic rings. The van der Waals surface area contributed by atoms with Crippen LogP contribution in [0.15, 0.2) is 6.33 Å². The summed E-state index contributed by atoms with van der Waals surface area (Å²) in [5, 5.41) is 0. The molecule has 0 aromatic carbocycles. The van der Waals surface area contributed by atoms with Gasteiger partial charge in [0.1, 0.15) is 6.33 Å². The van der Waals surface area contributed by atoms with Crippen molar-refractivity contribution in [1.29, 1.82) is 0 Å². The molecular weight excluding hydrogens is 242 g/mol. The molecule has 1 saturated heterocycles. The number of hydrogen-bond donors (Lipinski definition) is 2. The second-order valence-corrected chi connectivity index (χ2v) is 5.32. The molecule has 2 fully saturated rings. The molecule has 3 rings (SSSR count). The van der Waals surface area contributed by atoms with Gasteiger partial charge in [0.2, 0.25) is 5.75 Å². The Balaban J connectivity index is 1.96. The Morgan fingerprint density at radius 2 is 2.16 bits per heavy atom. The molecule has 0 amide bonds. The fourth-order valence-electron chi connectivity index (χ4n) is 3.58. The number of hydrogen-bond acceptors (Lipinski definition) is 6. The van der Waals surface area contributed by atoms with Gasteiger partial charge in [0.15, 0.2) is 11.6 Å². The molecule has 1 aliphatic carbocycles. The van der Waals surface area contributed by atoms with Crippen molar-refractivity contribution in [2.24, 2.45) is 11.8 Å². The van der Waals surface area contributed by atoms with Crippen molar-refractivity contribution in [2.75, 3.05) is 24.0 Å². The first-order chi connectivity index (χ1) is 9.35. The molecule has 3 N–H and O–H groups in total. The zero-order valence-electron chi connectivity index (χ0n) is 11.3. The average Bonchev–Trinajstić information content (AvgIpc) is 2.94. The molecule has 2 heterocycles. The lowest BCUT2D eigenvalue weighted by Gasteiger charge is -2.39. The van der Waals surface area contributed by atoms with Crippen molar-refractivity contribution in [2.45, 2.75) is 38.1 Å². The van der Waals surface area contributed by atoms with E-state index in [1.54, 1.807) is 13.4 Å². The first-order valence-electron chi connectivity index (χ1n) is 6.97. The topological polar surface area (TPSA) is 76.3 Å². The molecule has 2 unspecified atom stereocenters. The normalized spacial score (nSPS) is 26.1. The molecule has 19 heavy (non-hydrogen) atoms. The second kappa shape index (κ2) is 5.21. The van der Waals surface area contributed by atoms with Crippen LogP contribution in [0.4, 0.5) is 11.6 Å². The van der Waals surface area contributed by atoms with E-state index in [1.807, 2.05) is 0 Å². The first-order valence-corrected chi connectivity index (χ1v) is 6.97. The third kappa shape index (κ3) is 2.10. The highest BCUT2D eigenvalue weighted by molar-refractivity contribution is 5.65. The Bertz CT molecular complexity index is 453. The van der Waals surface area contributed by atoms with Gasteiger partial charge in [-0.25, -0.2) is 15.8 Å². The van der Waals surface area contributed by atoms with Crippen molar-refractivity contribution in [3.05, 3.63) is 6.33 Å². The van der Waals surface area contributed by atoms with Gasteiger partial charge >= 0.3 is 0 Å². The molecule has 0 spiro atoms. The Kier molecular flexibility index (Phi) is 3.42. The number of aromatic nitrogens is 2. The Hall–Kier alpha value is -1.56. The van der Waals surface area contributed by atoms with E-state index in [9.17, 15) is 0 Å². The Labute approximate surface area is 113 Å². The van der Waals surface area contributed by atoms with Crippen LogP contribution in [-0.2, 0) is 0 Å². The van der Waals surface area contributed by atoms with Crippen LogP contribution in [-0.4, -0.2) is 29.7 Å². The van der Waals surface area contributed by atoms with Gasteiger partial charge in [0.25, 0.3) is 0 Å². The van der Waals surface area contributed by atoms with E-state index in [4.69, 9.17) is 10.6 Å². The van der Waals surface area contributed by atoms with Gasteiger partial charge in [0.05, 0.1) is 7.11 Å². The number of hydrazine groups is 1. The maximum absolute atomic E-state index is 5.49. The van der Waals surface area contributed by atoms with Crippen LogP contribution in [0.2, 0.25) is 0 Å². The summed E-state index contributed by atoms with van der Waals surface area (Å²) in [6.45, 7) is 1.04. The maximum atomic E-state index is 5.49. The zero-order valence-corrected chi connectivity index (χ0v) is 11.3. The monoisotopic (exact) mass is 263 g/mol. The van der Waals surface area contributed by atoms with Gasteiger partial charge in [0, 0.05) is 12.6 Å². The quantitative estimate of drug-likeness (QED) is 0.636. The summed E-state index contributed by atoms with van der Waals surface area (Å²) >= 11 is 0. The minimum absolute atomic E-state index is 0.549. The van der Waals surface area contributed by atoms with Crippen molar-refractivity contribution in [1.82, 2.24) is 9.97 Å². The minimum Gasteiger partial charge on any atom is -0.490 e. The van der Waals surface area contributed by atoms with Crippen LogP contribution in [0.3, 0.4) is 0 Å². The number of nitrogen functional groups attached to an aromatic ring is 1. The van der Waals surface area contributed by atoms with Gasteiger partial charge in [-0.15, -0.1) is 0 Å². The van der Waals surface area contributed by atoms with E-state index in [0.29, 0.717) is 17.6 Å². The predicted molar refractivity (Wildman–Crippen MR) is 74.1 cm³/mol. The van der Waals surface area contributed by atoms with E-state index in [-0.39, 0.29) is 0 Å². The van der Waals surface area contributed by atoms with Crippen molar-refractivity contribution in [3.8, 4) is 5.75 Å². The summed E-state index contributed by atoms with van der Waals surface area (Å²) in [5.74, 6) is 8.38. The molecule has 0 bridgehead atoms. The van der Waals surface area contributed by atoms with Gasteiger partial charge < -0.3 is 15.1 Å². The summed E-state index contributed by atoms with van der Waals surface area (Å²) in [7, 11) is 1.64. The number of anilines is 2. The fourth-order valence-corrected chi connectivity index (χ4v) is 3.58. The van der Waals surface area contributed by atoms with Crippen LogP contribution in [0, 0.1) is 5.92 Å². The third-order valence-electron chi connectivity index (χ3n) is 4.39. The second-order valence-electron chi connectivity index (χ2n) is 5.32. The first kappa shape index (κ1) is 12.5.